The number of amides is 3. The summed E-state index contributed by atoms with van der Waals surface area (Å²) >= 11 is 13.5. The van der Waals surface area contributed by atoms with Crippen molar-refractivity contribution in [3.63, 3.8) is 0 Å². The van der Waals surface area contributed by atoms with Crippen LogP contribution in [0.4, 0.5) is 11.6 Å². The molecular weight excluding hydrogens is 751 g/mol. The second kappa shape index (κ2) is 18.2. The van der Waals surface area contributed by atoms with Crippen LogP contribution in [0.25, 0.3) is 22.2 Å². The number of benzene rings is 2. The quantitative estimate of drug-likeness (QED) is 0.130. The van der Waals surface area contributed by atoms with E-state index in [1.807, 2.05) is 31.1 Å². The number of methoxy groups -OCH3 is 2. The Hall–Kier alpha value is -5.48. The van der Waals surface area contributed by atoms with Gasteiger partial charge in [0.25, 0.3) is 5.56 Å². The van der Waals surface area contributed by atoms with E-state index in [2.05, 4.69) is 27.5 Å². The molecule has 290 valence electrons. The summed E-state index contributed by atoms with van der Waals surface area (Å²) in [6.45, 7) is 3.89. The number of hydrogen-bond donors (Lipinski definition) is 4. The fourth-order valence-corrected chi connectivity index (χ4v) is 6.80. The molecule has 2 unspecified atom stereocenters. The van der Waals surface area contributed by atoms with E-state index in [-0.39, 0.29) is 69.8 Å². The number of halogens is 2. The number of anilines is 2. The van der Waals surface area contributed by atoms with Crippen molar-refractivity contribution in [2.75, 3.05) is 65.2 Å². The Labute approximate surface area is 327 Å². The Morgan fingerprint density at radius 2 is 1.71 bits per heavy atom. The first-order valence-corrected chi connectivity index (χ1v) is 17.9. The van der Waals surface area contributed by atoms with Gasteiger partial charge in [0.15, 0.2) is 0 Å². The summed E-state index contributed by atoms with van der Waals surface area (Å²) in [5.74, 6) is -0.545. The van der Waals surface area contributed by atoms with Gasteiger partial charge in [-0.15, -0.1) is 0 Å². The standard InChI is InChI=1S/C38H42Cl2N8O7/c1-6-30(50)43-26-19-47(32(52)21-49)20-27(26)44-38-41-18-23-16-25(33-34(39)28(54-4)17-29(55-5)35(33)40)37(53)48(36(23)45-38)15-13-22-9-11-24(12-10-22)42-31(51)8-7-14-46(2)3/h6-12,16-18,26-27,49H,1,13-15,19-21H2,2-5H3,(H,42,51)(H,43,50)(H,41,44,45)/b8-7+. The number of carbonyl (C=O) groups excluding carboxylic acids is 3. The minimum atomic E-state index is -0.686. The maximum atomic E-state index is 14.5. The van der Waals surface area contributed by atoms with Crippen molar-refractivity contribution in [1.29, 1.82) is 0 Å². The molecule has 3 heterocycles. The number of fused-ring (bicyclic) bond motifs is 1. The molecule has 0 aliphatic carbocycles. The Bertz CT molecular complexity index is 2150. The van der Waals surface area contributed by atoms with Gasteiger partial charge in [-0.25, -0.2) is 4.98 Å². The number of nitrogens with zero attached hydrogens (tertiary/aromatic N) is 5. The molecule has 17 heteroatoms. The number of likely N-dealkylation sites (N-methyl/N-ethyl adjacent to an activating group) is 1. The Morgan fingerprint density at radius 1 is 1.04 bits per heavy atom. The predicted octanol–water partition coefficient (Wildman–Crippen LogP) is 3.37. The number of aliphatic hydroxyl groups is 1. The van der Waals surface area contributed by atoms with Gasteiger partial charge >= 0.3 is 0 Å². The van der Waals surface area contributed by atoms with Gasteiger partial charge in [0.2, 0.25) is 23.7 Å². The second-order valence-electron chi connectivity index (χ2n) is 12.9. The van der Waals surface area contributed by atoms with Crippen LogP contribution >= 0.6 is 23.2 Å². The van der Waals surface area contributed by atoms with Crippen molar-refractivity contribution in [1.82, 2.24) is 29.7 Å². The highest BCUT2D eigenvalue weighted by Crippen LogP contribution is 2.45. The van der Waals surface area contributed by atoms with Crippen LogP contribution in [0.15, 0.2) is 72.2 Å². The molecule has 55 heavy (non-hydrogen) atoms. The highest BCUT2D eigenvalue weighted by atomic mass is 35.5. The van der Waals surface area contributed by atoms with Gasteiger partial charge in [0.05, 0.1) is 41.9 Å². The normalized spacial score (nSPS) is 15.4. The van der Waals surface area contributed by atoms with Gasteiger partial charge in [0, 0.05) is 61.2 Å². The second-order valence-corrected chi connectivity index (χ2v) is 13.7. The Kier molecular flexibility index (Phi) is 13.5. The van der Waals surface area contributed by atoms with Crippen LogP contribution < -0.4 is 31.0 Å². The molecule has 5 rings (SSSR count). The molecule has 4 N–H and O–H groups in total. The largest absolute Gasteiger partial charge is 0.495 e. The summed E-state index contributed by atoms with van der Waals surface area (Å²) in [4.78, 5) is 64.1. The third-order valence-electron chi connectivity index (χ3n) is 8.89. The highest BCUT2D eigenvalue weighted by molar-refractivity contribution is 6.41. The first-order chi connectivity index (χ1) is 26.4. The van der Waals surface area contributed by atoms with E-state index in [9.17, 15) is 24.3 Å². The zero-order valence-corrected chi connectivity index (χ0v) is 32.3. The average Bonchev–Trinajstić information content (AvgIpc) is 3.56. The molecule has 0 saturated carbocycles. The van der Waals surface area contributed by atoms with E-state index >= 15 is 0 Å². The molecular formula is C38H42Cl2N8O7. The summed E-state index contributed by atoms with van der Waals surface area (Å²) in [6, 6.07) is 9.31. The first-order valence-electron chi connectivity index (χ1n) is 17.2. The Balaban J connectivity index is 1.53. The van der Waals surface area contributed by atoms with Crippen molar-refractivity contribution in [3.8, 4) is 22.6 Å². The molecule has 0 bridgehead atoms. The zero-order chi connectivity index (χ0) is 39.8. The van der Waals surface area contributed by atoms with Crippen LogP contribution in [0.1, 0.15) is 5.56 Å². The summed E-state index contributed by atoms with van der Waals surface area (Å²) in [5.41, 5.74) is 1.68. The number of nitrogens with one attached hydrogen (secondary N) is 3. The van der Waals surface area contributed by atoms with Gasteiger partial charge in [-0.3, -0.25) is 23.7 Å². The molecule has 2 aromatic heterocycles. The minimum Gasteiger partial charge on any atom is -0.495 e. The maximum absolute atomic E-state index is 14.5. The van der Waals surface area contributed by atoms with Gasteiger partial charge in [-0.1, -0.05) is 48.0 Å². The van der Waals surface area contributed by atoms with Crippen molar-refractivity contribution in [3.05, 3.63) is 93.4 Å². The molecule has 1 saturated heterocycles. The molecule has 4 aromatic rings. The predicted molar refractivity (Wildman–Crippen MR) is 212 cm³/mol. The van der Waals surface area contributed by atoms with Crippen molar-refractivity contribution >= 4 is 63.6 Å². The fourth-order valence-electron chi connectivity index (χ4n) is 6.09. The Morgan fingerprint density at radius 3 is 2.33 bits per heavy atom. The molecule has 2 aromatic carbocycles. The molecule has 1 fully saturated rings. The van der Waals surface area contributed by atoms with E-state index in [0.717, 1.165) is 11.6 Å². The average molecular weight is 794 g/mol. The number of ether oxygens (including phenoxy) is 2. The number of aryl methyl sites for hydroxylation is 2. The van der Waals surface area contributed by atoms with Crippen LogP contribution in [0.2, 0.25) is 10.0 Å². The van der Waals surface area contributed by atoms with Crippen LogP contribution in [0, 0.1) is 0 Å². The third-order valence-corrected chi connectivity index (χ3v) is 9.64. The van der Waals surface area contributed by atoms with Gasteiger partial charge in [-0.05, 0) is 50.4 Å². The SMILES string of the molecule is C=CC(=O)NC1CN(C(=O)CO)CC1Nc1ncc2cc(-c3c(Cl)c(OC)cc(OC)c3Cl)c(=O)n(CCc3ccc(NC(=O)/C=C/CN(C)C)cc3)c2n1. The first kappa shape index (κ1) is 40.7. The number of likely N-dealkylation sites (tertiary alicyclic amines) is 1. The smallest absolute Gasteiger partial charge is 0.260 e. The van der Waals surface area contributed by atoms with Crippen LogP contribution in [-0.2, 0) is 27.3 Å². The van der Waals surface area contributed by atoms with E-state index < -0.39 is 36.1 Å². The molecule has 2 atom stereocenters. The van der Waals surface area contributed by atoms with E-state index in [4.69, 9.17) is 37.7 Å². The van der Waals surface area contributed by atoms with Crippen LogP contribution in [-0.4, -0.2) is 114 Å². The number of carbonyl (C=O) groups is 3. The van der Waals surface area contributed by atoms with E-state index in [1.165, 1.54) is 42.0 Å². The number of hydrogen-bond acceptors (Lipinski definition) is 11. The van der Waals surface area contributed by atoms with Crippen molar-refractivity contribution in [2.24, 2.45) is 0 Å². The fraction of sp³-hybridized carbons (Fsp3) is 0.316. The molecule has 15 nitrogen and oxygen atoms in total. The van der Waals surface area contributed by atoms with Crippen LogP contribution in [0.3, 0.4) is 0 Å². The maximum Gasteiger partial charge on any atom is 0.260 e. The summed E-state index contributed by atoms with van der Waals surface area (Å²) in [5, 5.41) is 19.0. The molecule has 1 aliphatic heterocycles. The van der Waals surface area contributed by atoms with Crippen molar-refractivity contribution < 1.29 is 29.0 Å². The van der Waals surface area contributed by atoms with E-state index in [0.29, 0.717) is 24.0 Å². The highest BCUT2D eigenvalue weighted by Gasteiger charge is 2.36. The molecule has 0 spiro atoms. The lowest BCUT2D eigenvalue weighted by Gasteiger charge is -2.21. The minimum absolute atomic E-state index is 0.112. The monoisotopic (exact) mass is 792 g/mol. The lowest BCUT2D eigenvalue weighted by molar-refractivity contribution is -0.133. The molecule has 0 radical (unpaired) electrons. The lowest BCUT2D eigenvalue weighted by atomic mass is 10.0. The summed E-state index contributed by atoms with van der Waals surface area (Å²) < 4.78 is 12.4. The summed E-state index contributed by atoms with van der Waals surface area (Å²) in [6.07, 6.45) is 6.31. The molecule has 1 aliphatic rings. The van der Waals surface area contributed by atoms with Gasteiger partial charge in [-0.2, -0.15) is 4.98 Å². The lowest BCUT2D eigenvalue weighted by Crippen LogP contribution is -2.45. The number of pyridine rings is 1. The van der Waals surface area contributed by atoms with Crippen molar-refractivity contribution in [2.45, 2.75) is 25.0 Å². The third kappa shape index (κ3) is 9.61. The van der Waals surface area contributed by atoms with Gasteiger partial charge in [0.1, 0.15) is 23.8 Å². The summed E-state index contributed by atoms with van der Waals surface area (Å²) in [7, 11) is 6.70. The van der Waals surface area contributed by atoms with Crippen LogP contribution in [0.5, 0.6) is 11.5 Å². The van der Waals surface area contributed by atoms with Gasteiger partial charge < -0.3 is 40.3 Å². The molecule has 3 amide bonds. The number of aliphatic hydroxyl groups excluding tert-OH is 1. The topological polar surface area (TPSA) is 180 Å². The number of rotatable bonds is 15. The van der Waals surface area contributed by atoms with E-state index in [1.54, 1.807) is 24.3 Å². The zero-order valence-electron chi connectivity index (χ0n) is 30.8. The number of aromatic nitrogens is 3.